The summed E-state index contributed by atoms with van der Waals surface area (Å²) in [5.41, 5.74) is -0.699. The highest BCUT2D eigenvalue weighted by Gasteiger charge is 2.30. The number of carbonyl (C=O) groups is 2. The number of hydrogen-bond donors (Lipinski definition) is 2. The van der Waals surface area contributed by atoms with Gasteiger partial charge in [0.2, 0.25) is 0 Å². The van der Waals surface area contributed by atoms with Gasteiger partial charge in [-0.05, 0) is 36.4 Å². The number of rotatable bonds is 4. The first-order chi connectivity index (χ1) is 12.8. The second-order valence-electron chi connectivity index (χ2n) is 5.55. The Kier molecular flexibility index (Phi) is 4.72. The third-order valence-electron chi connectivity index (χ3n) is 3.71. The molecule has 2 aromatic carbocycles. The lowest BCUT2D eigenvalue weighted by Crippen LogP contribution is -2.14. The predicted octanol–water partition coefficient (Wildman–Crippen LogP) is 4.92. The highest BCUT2D eigenvalue weighted by Crippen LogP contribution is 2.32. The SMILES string of the molecule is O=C(Nc1ccccc1C(=O)O)c1ccc(-c2cccc(C(F)(F)F)c2)o1. The molecule has 3 rings (SSSR count). The van der Waals surface area contributed by atoms with E-state index in [9.17, 15) is 22.8 Å². The van der Waals surface area contributed by atoms with Crippen molar-refractivity contribution in [3.05, 3.63) is 77.6 Å². The van der Waals surface area contributed by atoms with Gasteiger partial charge in [0.05, 0.1) is 16.8 Å². The van der Waals surface area contributed by atoms with E-state index in [4.69, 9.17) is 9.52 Å². The van der Waals surface area contributed by atoms with E-state index >= 15 is 0 Å². The maximum Gasteiger partial charge on any atom is 0.416 e. The Morgan fingerprint density at radius 3 is 2.41 bits per heavy atom. The van der Waals surface area contributed by atoms with Gasteiger partial charge in [-0.25, -0.2) is 4.79 Å². The molecule has 1 aromatic heterocycles. The number of furan rings is 1. The standard InChI is InChI=1S/C19H12F3NO4/c20-19(21,22)12-5-3-4-11(10-12)15-8-9-16(27-15)17(24)23-14-7-2-1-6-13(14)18(25)26/h1-10H,(H,23,24)(H,25,26). The Hall–Kier alpha value is -3.55. The molecule has 0 spiro atoms. The van der Waals surface area contributed by atoms with Gasteiger partial charge in [-0.1, -0.05) is 24.3 Å². The normalized spacial score (nSPS) is 11.2. The average Bonchev–Trinajstić information content (AvgIpc) is 3.12. The van der Waals surface area contributed by atoms with Crippen molar-refractivity contribution in [1.29, 1.82) is 0 Å². The van der Waals surface area contributed by atoms with E-state index in [2.05, 4.69) is 5.32 Å². The third kappa shape index (κ3) is 4.00. The number of hydrogen-bond acceptors (Lipinski definition) is 3. The molecule has 0 aliphatic heterocycles. The summed E-state index contributed by atoms with van der Waals surface area (Å²) in [6.07, 6.45) is -4.50. The molecule has 0 bridgehead atoms. The van der Waals surface area contributed by atoms with Crippen LogP contribution < -0.4 is 5.32 Å². The molecule has 0 fully saturated rings. The minimum absolute atomic E-state index is 0.0759. The Morgan fingerprint density at radius 2 is 1.70 bits per heavy atom. The molecule has 27 heavy (non-hydrogen) atoms. The van der Waals surface area contributed by atoms with Crippen LogP contribution in [-0.2, 0) is 6.18 Å². The van der Waals surface area contributed by atoms with E-state index in [1.54, 1.807) is 6.07 Å². The summed E-state index contributed by atoms with van der Waals surface area (Å²) in [6.45, 7) is 0. The molecule has 0 saturated heterocycles. The van der Waals surface area contributed by atoms with Crippen molar-refractivity contribution in [2.75, 3.05) is 5.32 Å². The van der Waals surface area contributed by atoms with E-state index in [0.29, 0.717) is 0 Å². The third-order valence-corrected chi connectivity index (χ3v) is 3.71. The lowest BCUT2D eigenvalue weighted by Gasteiger charge is -2.08. The monoisotopic (exact) mass is 375 g/mol. The van der Waals surface area contributed by atoms with E-state index in [0.717, 1.165) is 12.1 Å². The number of anilines is 1. The molecular formula is C19H12F3NO4. The van der Waals surface area contributed by atoms with Crippen LogP contribution in [0, 0.1) is 0 Å². The van der Waals surface area contributed by atoms with Crippen LogP contribution >= 0.6 is 0 Å². The van der Waals surface area contributed by atoms with Crippen LogP contribution in [0.15, 0.2) is 65.1 Å². The zero-order valence-electron chi connectivity index (χ0n) is 13.6. The summed E-state index contributed by atoms with van der Waals surface area (Å²) in [7, 11) is 0. The quantitative estimate of drug-likeness (QED) is 0.679. The van der Waals surface area contributed by atoms with E-state index < -0.39 is 23.6 Å². The average molecular weight is 375 g/mol. The minimum Gasteiger partial charge on any atom is -0.478 e. The number of amides is 1. The number of alkyl halides is 3. The molecule has 0 aliphatic carbocycles. The first-order valence-electron chi connectivity index (χ1n) is 7.67. The Balaban J connectivity index is 1.84. The Bertz CT molecular complexity index is 1010. The topological polar surface area (TPSA) is 79.5 Å². The summed E-state index contributed by atoms with van der Waals surface area (Å²) in [5, 5.41) is 11.5. The summed E-state index contributed by atoms with van der Waals surface area (Å²) in [6, 6.07) is 13.0. The van der Waals surface area contributed by atoms with Crippen molar-refractivity contribution < 1.29 is 32.3 Å². The van der Waals surface area contributed by atoms with E-state index in [1.165, 1.54) is 42.5 Å². The molecule has 8 heteroatoms. The molecule has 2 N–H and O–H groups in total. The van der Waals surface area contributed by atoms with Gasteiger partial charge < -0.3 is 14.8 Å². The molecule has 0 radical (unpaired) electrons. The van der Waals surface area contributed by atoms with Crippen LogP contribution in [-0.4, -0.2) is 17.0 Å². The van der Waals surface area contributed by atoms with Crippen LogP contribution in [0.25, 0.3) is 11.3 Å². The van der Waals surface area contributed by atoms with Gasteiger partial charge in [-0.2, -0.15) is 13.2 Å². The van der Waals surface area contributed by atoms with E-state index in [1.807, 2.05) is 0 Å². The summed E-state index contributed by atoms with van der Waals surface area (Å²) >= 11 is 0. The largest absolute Gasteiger partial charge is 0.478 e. The fraction of sp³-hybridized carbons (Fsp3) is 0.0526. The lowest BCUT2D eigenvalue weighted by atomic mass is 10.1. The van der Waals surface area contributed by atoms with Gasteiger partial charge in [-0.15, -0.1) is 0 Å². The van der Waals surface area contributed by atoms with Gasteiger partial charge in [0.15, 0.2) is 5.76 Å². The van der Waals surface area contributed by atoms with Crippen molar-refractivity contribution in [3.8, 4) is 11.3 Å². The number of carbonyl (C=O) groups excluding carboxylic acids is 1. The van der Waals surface area contributed by atoms with Crippen molar-refractivity contribution in [2.45, 2.75) is 6.18 Å². The second-order valence-corrected chi connectivity index (χ2v) is 5.55. The zero-order valence-corrected chi connectivity index (χ0v) is 13.6. The summed E-state index contributed by atoms with van der Waals surface area (Å²) in [5.74, 6) is -2.02. The number of carboxylic acid groups (broad SMARTS) is 1. The highest BCUT2D eigenvalue weighted by molar-refractivity contribution is 6.06. The van der Waals surface area contributed by atoms with Gasteiger partial charge in [0, 0.05) is 5.56 Å². The number of halogens is 3. The molecule has 1 heterocycles. The summed E-state index contributed by atoms with van der Waals surface area (Å²) in [4.78, 5) is 23.5. The predicted molar refractivity (Wildman–Crippen MR) is 90.5 cm³/mol. The molecule has 138 valence electrons. The first-order valence-corrected chi connectivity index (χ1v) is 7.67. The van der Waals surface area contributed by atoms with Crippen LogP contribution in [0.3, 0.4) is 0 Å². The van der Waals surface area contributed by atoms with Crippen LogP contribution in [0.2, 0.25) is 0 Å². The summed E-state index contributed by atoms with van der Waals surface area (Å²) < 4.78 is 43.8. The molecule has 0 atom stereocenters. The lowest BCUT2D eigenvalue weighted by molar-refractivity contribution is -0.137. The number of aromatic carboxylic acids is 1. The van der Waals surface area contributed by atoms with Gasteiger partial charge >= 0.3 is 12.1 Å². The maximum absolute atomic E-state index is 12.8. The molecule has 5 nitrogen and oxygen atoms in total. The molecule has 0 saturated carbocycles. The van der Waals surface area contributed by atoms with Gasteiger partial charge in [-0.3, -0.25) is 4.79 Å². The Morgan fingerprint density at radius 1 is 0.963 bits per heavy atom. The number of benzene rings is 2. The van der Waals surface area contributed by atoms with E-state index in [-0.39, 0.29) is 28.3 Å². The number of nitrogens with one attached hydrogen (secondary N) is 1. The van der Waals surface area contributed by atoms with Crippen LogP contribution in [0.5, 0.6) is 0 Å². The van der Waals surface area contributed by atoms with Crippen LogP contribution in [0.1, 0.15) is 26.5 Å². The van der Waals surface area contributed by atoms with Crippen molar-refractivity contribution in [2.24, 2.45) is 0 Å². The second kappa shape index (κ2) is 6.99. The molecule has 1 amide bonds. The molecule has 0 unspecified atom stereocenters. The smallest absolute Gasteiger partial charge is 0.416 e. The fourth-order valence-electron chi connectivity index (χ4n) is 2.43. The highest BCUT2D eigenvalue weighted by atomic mass is 19.4. The fourth-order valence-corrected chi connectivity index (χ4v) is 2.43. The zero-order chi connectivity index (χ0) is 19.6. The molecule has 3 aromatic rings. The van der Waals surface area contributed by atoms with Crippen molar-refractivity contribution in [3.63, 3.8) is 0 Å². The maximum atomic E-state index is 12.8. The van der Waals surface area contributed by atoms with Gasteiger partial charge in [0.1, 0.15) is 5.76 Å². The van der Waals surface area contributed by atoms with Crippen LogP contribution in [0.4, 0.5) is 18.9 Å². The molecular weight excluding hydrogens is 363 g/mol. The number of carboxylic acids is 1. The van der Waals surface area contributed by atoms with Crippen molar-refractivity contribution in [1.82, 2.24) is 0 Å². The van der Waals surface area contributed by atoms with Gasteiger partial charge in [0.25, 0.3) is 5.91 Å². The minimum atomic E-state index is -4.50. The Labute approximate surface area is 151 Å². The number of para-hydroxylation sites is 1. The molecule has 0 aliphatic rings. The first kappa shape index (κ1) is 18.2. The van der Waals surface area contributed by atoms with Crippen molar-refractivity contribution >= 4 is 17.6 Å².